The third kappa shape index (κ3) is 4.40. The first kappa shape index (κ1) is 22.8. The average molecular weight is 470 g/mol. The first-order valence-electron chi connectivity index (χ1n) is 9.91. The summed E-state index contributed by atoms with van der Waals surface area (Å²) in [7, 11) is 1.49. The van der Waals surface area contributed by atoms with Crippen LogP contribution in [-0.4, -0.2) is 27.1 Å². The molecule has 0 fully saturated rings. The molecule has 0 saturated carbocycles. The van der Waals surface area contributed by atoms with E-state index >= 15 is 0 Å². The largest absolute Gasteiger partial charge is 0.497 e. The van der Waals surface area contributed by atoms with E-state index in [4.69, 9.17) is 4.74 Å². The lowest BCUT2D eigenvalue weighted by atomic mass is 10.2. The minimum Gasteiger partial charge on any atom is -0.497 e. The Hall–Kier alpha value is -4.41. The van der Waals surface area contributed by atoms with Gasteiger partial charge in [-0.1, -0.05) is 6.07 Å². The number of pyridine rings is 1. The first-order chi connectivity index (χ1) is 16.2. The van der Waals surface area contributed by atoms with Crippen molar-refractivity contribution in [2.45, 2.75) is 12.7 Å². The molecular formula is C23H17F3N4O4. The van der Waals surface area contributed by atoms with Crippen LogP contribution in [0.4, 0.5) is 18.9 Å². The van der Waals surface area contributed by atoms with E-state index in [1.807, 2.05) is 0 Å². The first-order valence-corrected chi connectivity index (χ1v) is 9.91. The predicted octanol–water partition coefficient (Wildman–Crippen LogP) is 3.21. The number of carbonyl (C=O) groups is 1. The van der Waals surface area contributed by atoms with Gasteiger partial charge in [0.2, 0.25) is 5.91 Å². The fourth-order valence-corrected chi connectivity index (χ4v) is 3.41. The Morgan fingerprint density at radius 2 is 1.79 bits per heavy atom. The number of nitrogens with one attached hydrogen (secondary N) is 1. The van der Waals surface area contributed by atoms with Gasteiger partial charge in [-0.2, -0.15) is 13.2 Å². The number of nitrogens with zero attached hydrogens (tertiary/aromatic N) is 3. The lowest BCUT2D eigenvalue weighted by Gasteiger charge is -2.14. The molecule has 2 aromatic heterocycles. The van der Waals surface area contributed by atoms with E-state index < -0.39 is 35.4 Å². The zero-order valence-corrected chi connectivity index (χ0v) is 17.7. The zero-order chi connectivity index (χ0) is 24.5. The number of halogens is 3. The Labute approximate surface area is 189 Å². The third-order valence-corrected chi connectivity index (χ3v) is 5.00. The molecule has 2 heterocycles. The molecule has 0 spiro atoms. The molecule has 34 heavy (non-hydrogen) atoms. The van der Waals surface area contributed by atoms with Gasteiger partial charge in [-0.05, 0) is 54.6 Å². The number of anilines is 1. The van der Waals surface area contributed by atoms with Gasteiger partial charge in [0.05, 0.1) is 23.7 Å². The molecule has 174 valence electrons. The summed E-state index contributed by atoms with van der Waals surface area (Å²) in [5, 5.41) is 2.39. The maximum Gasteiger partial charge on any atom is 0.416 e. The number of hydrogen-bond acceptors (Lipinski definition) is 5. The molecule has 0 bridgehead atoms. The van der Waals surface area contributed by atoms with Gasteiger partial charge in [0.15, 0.2) is 5.65 Å². The molecule has 0 atom stereocenters. The molecule has 1 amide bonds. The molecule has 0 aliphatic carbocycles. The van der Waals surface area contributed by atoms with Crippen molar-refractivity contribution in [2.24, 2.45) is 0 Å². The predicted molar refractivity (Wildman–Crippen MR) is 118 cm³/mol. The van der Waals surface area contributed by atoms with Crippen LogP contribution in [0.25, 0.3) is 16.7 Å². The smallest absolute Gasteiger partial charge is 0.416 e. The number of methoxy groups -OCH3 is 1. The van der Waals surface area contributed by atoms with E-state index in [0.717, 1.165) is 18.2 Å². The number of ether oxygens (including phenoxy) is 1. The van der Waals surface area contributed by atoms with Crippen LogP contribution in [0.5, 0.6) is 5.75 Å². The second-order valence-electron chi connectivity index (χ2n) is 7.21. The van der Waals surface area contributed by atoms with Crippen LogP contribution in [0.15, 0.2) is 76.4 Å². The molecule has 4 rings (SSSR count). The molecule has 0 saturated heterocycles. The Bertz CT molecular complexity index is 1490. The van der Waals surface area contributed by atoms with Crippen LogP contribution < -0.4 is 21.3 Å². The van der Waals surface area contributed by atoms with Gasteiger partial charge in [-0.25, -0.2) is 18.9 Å². The number of aromatic nitrogens is 3. The van der Waals surface area contributed by atoms with Gasteiger partial charge in [0.1, 0.15) is 12.3 Å². The van der Waals surface area contributed by atoms with Crippen molar-refractivity contribution in [3.05, 3.63) is 93.3 Å². The van der Waals surface area contributed by atoms with Crippen LogP contribution in [0.2, 0.25) is 0 Å². The lowest BCUT2D eigenvalue weighted by Crippen LogP contribution is -2.42. The number of fused-ring (bicyclic) bond motifs is 1. The van der Waals surface area contributed by atoms with Gasteiger partial charge in [-0.3, -0.25) is 9.59 Å². The van der Waals surface area contributed by atoms with Crippen molar-refractivity contribution in [1.82, 2.24) is 14.1 Å². The number of hydrogen-bond donors (Lipinski definition) is 1. The molecule has 2 aromatic carbocycles. The van der Waals surface area contributed by atoms with E-state index in [1.54, 1.807) is 24.3 Å². The molecule has 1 N–H and O–H groups in total. The fourth-order valence-electron chi connectivity index (χ4n) is 3.41. The third-order valence-electron chi connectivity index (χ3n) is 5.00. The molecule has 4 aromatic rings. The Balaban J connectivity index is 1.75. The highest BCUT2D eigenvalue weighted by atomic mass is 19.4. The van der Waals surface area contributed by atoms with Crippen LogP contribution >= 0.6 is 0 Å². The van der Waals surface area contributed by atoms with Crippen molar-refractivity contribution < 1.29 is 22.7 Å². The van der Waals surface area contributed by atoms with Crippen molar-refractivity contribution >= 4 is 22.6 Å². The van der Waals surface area contributed by atoms with Crippen LogP contribution in [0.1, 0.15) is 5.56 Å². The standard InChI is InChI=1S/C23H17F3N4O4/c1-34-17-9-7-16(8-10-17)30-20-18(6-3-11-27-20)21(32)29(22(30)33)13-19(31)28-15-5-2-4-14(12-15)23(24,25)26/h2-12H,13H2,1H3,(H,28,31). The molecule has 0 radical (unpaired) electrons. The van der Waals surface area contributed by atoms with E-state index in [2.05, 4.69) is 10.3 Å². The number of benzene rings is 2. The molecule has 0 aliphatic rings. The van der Waals surface area contributed by atoms with Gasteiger partial charge in [0, 0.05) is 11.9 Å². The number of alkyl halides is 3. The van der Waals surface area contributed by atoms with Gasteiger partial charge < -0.3 is 10.1 Å². The summed E-state index contributed by atoms with van der Waals surface area (Å²) in [5.41, 5.74) is -2.18. The summed E-state index contributed by atoms with van der Waals surface area (Å²) in [5.74, 6) is -0.300. The highest BCUT2D eigenvalue weighted by Crippen LogP contribution is 2.30. The van der Waals surface area contributed by atoms with Crippen LogP contribution in [0, 0.1) is 0 Å². The normalized spacial score (nSPS) is 11.4. The van der Waals surface area contributed by atoms with E-state index in [-0.39, 0.29) is 16.7 Å². The molecule has 11 heteroatoms. The van der Waals surface area contributed by atoms with Crippen LogP contribution in [0.3, 0.4) is 0 Å². The highest BCUT2D eigenvalue weighted by molar-refractivity contribution is 5.90. The topological polar surface area (TPSA) is 95.2 Å². The number of amides is 1. The van der Waals surface area contributed by atoms with Crippen molar-refractivity contribution in [1.29, 1.82) is 0 Å². The minimum atomic E-state index is -4.59. The summed E-state index contributed by atoms with van der Waals surface area (Å²) in [4.78, 5) is 43.0. The zero-order valence-electron chi connectivity index (χ0n) is 17.7. The monoisotopic (exact) mass is 470 g/mol. The van der Waals surface area contributed by atoms with Crippen molar-refractivity contribution in [2.75, 3.05) is 12.4 Å². The lowest BCUT2D eigenvalue weighted by molar-refractivity contribution is -0.137. The second-order valence-corrected chi connectivity index (χ2v) is 7.21. The second kappa shape index (κ2) is 8.85. The molecule has 0 unspecified atom stereocenters. The minimum absolute atomic E-state index is 0.0878. The fraction of sp³-hybridized carbons (Fsp3) is 0.130. The SMILES string of the molecule is COc1ccc(-n2c(=O)n(CC(=O)Nc3cccc(C(F)(F)F)c3)c(=O)c3cccnc32)cc1. The quantitative estimate of drug-likeness (QED) is 0.483. The molecule has 0 aliphatic heterocycles. The maximum atomic E-state index is 13.3. The summed E-state index contributed by atoms with van der Waals surface area (Å²) in [6.07, 6.45) is -3.17. The van der Waals surface area contributed by atoms with Gasteiger partial charge >= 0.3 is 11.9 Å². The summed E-state index contributed by atoms with van der Waals surface area (Å²) in [6.45, 7) is -0.713. The van der Waals surface area contributed by atoms with Crippen LogP contribution in [-0.2, 0) is 17.5 Å². The molecule has 8 nitrogen and oxygen atoms in total. The van der Waals surface area contributed by atoms with E-state index in [9.17, 15) is 27.6 Å². The van der Waals surface area contributed by atoms with Gasteiger partial charge in [0.25, 0.3) is 5.56 Å². The Morgan fingerprint density at radius 1 is 1.06 bits per heavy atom. The summed E-state index contributed by atoms with van der Waals surface area (Å²) >= 11 is 0. The summed E-state index contributed by atoms with van der Waals surface area (Å²) in [6, 6.07) is 13.4. The van der Waals surface area contributed by atoms with E-state index in [0.29, 0.717) is 16.0 Å². The Morgan fingerprint density at radius 3 is 2.47 bits per heavy atom. The molecular weight excluding hydrogens is 453 g/mol. The Kier molecular flexibility index (Phi) is 5.93. The van der Waals surface area contributed by atoms with Crippen molar-refractivity contribution in [3.8, 4) is 11.4 Å². The summed E-state index contributed by atoms with van der Waals surface area (Å²) < 4.78 is 45.8. The van der Waals surface area contributed by atoms with E-state index in [1.165, 1.54) is 36.1 Å². The van der Waals surface area contributed by atoms with Gasteiger partial charge in [-0.15, -0.1) is 0 Å². The highest BCUT2D eigenvalue weighted by Gasteiger charge is 2.30. The maximum absolute atomic E-state index is 13.3. The number of rotatable bonds is 5. The average Bonchev–Trinajstić information content (AvgIpc) is 2.82. The van der Waals surface area contributed by atoms with Crippen molar-refractivity contribution in [3.63, 3.8) is 0 Å². The number of carbonyl (C=O) groups excluding carboxylic acids is 1.